The summed E-state index contributed by atoms with van der Waals surface area (Å²) in [5, 5.41) is 3.66. The van der Waals surface area contributed by atoms with Crippen molar-refractivity contribution in [3.63, 3.8) is 0 Å². The number of aromatic nitrogens is 1. The Kier molecular flexibility index (Phi) is 3.55. The van der Waals surface area contributed by atoms with Crippen molar-refractivity contribution in [3.05, 3.63) is 36.4 Å². The second-order valence-electron chi connectivity index (χ2n) is 5.88. The number of anilines is 1. The Hall–Kier alpha value is -1.83. The molecule has 1 heterocycles. The van der Waals surface area contributed by atoms with Crippen LogP contribution in [0, 0.1) is 5.92 Å². The fraction of sp³-hybridized carbons (Fsp3) is 0.400. The van der Waals surface area contributed by atoms with Crippen LogP contribution in [0.25, 0.3) is 10.9 Å². The Balaban J connectivity index is 1.82. The summed E-state index contributed by atoms with van der Waals surface area (Å²) in [7, 11) is -3.85. The fourth-order valence-electron chi connectivity index (χ4n) is 2.84. The van der Waals surface area contributed by atoms with E-state index in [1.807, 2.05) is 12.1 Å². The highest BCUT2D eigenvalue weighted by atomic mass is 32.2. The number of para-hydroxylation sites is 1. The minimum Gasteiger partial charge on any atom is -0.368 e. The lowest BCUT2D eigenvalue weighted by molar-refractivity contribution is -0.149. The SMILES string of the molecule is CS(=O)(=O)[C@@]1(CNc2ccc3ccccc3n2)C[C@@H]1C(F)(F)F. The van der Waals surface area contributed by atoms with E-state index in [-0.39, 0.29) is 6.54 Å². The predicted molar refractivity (Wildman–Crippen MR) is 82.0 cm³/mol. The normalized spacial score (nSPS) is 24.6. The third-order valence-corrected chi connectivity index (χ3v) is 6.40. The number of hydrogen-bond donors (Lipinski definition) is 1. The number of alkyl halides is 3. The van der Waals surface area contributed by atoms with E-state index in [9.17, 15) is 21.6 Å². The maximum Gasteiger partial charge on any atom is 0.393 e. The molecule has 1 aliphatic rings. The Morgan fingerprint density at radius 3 is 2.57 bits per heavy atom. The van der Waals surface area contributed by atoms with Gasteiger partial charge < -0.3 is 5.32 Å². The summed E-state index contributed by atoms with van der Waals surface area (Å²) in [6.07, 6.45) is -4.06. The molecule has 124 valence electrons. The number of hydrogen-bond acceptors (Lipinski definition) is 4. The Bertz CT molecular complexity index is 851. The first kappa shape index (κ1) is 16.0. The molecule has 0 radical (unpaired) electrons. The maximum atomic E-state index is 12.9. The Morgan fingerprint density at radius 2 is 1.96 bits per heavy atom. The first-order valence-corrected chi connectivity index (χ1v) is 8.89. The van der Waals surface area contributed by atoms with Gasteiger partial charge in [0.25, 0.3) is 0 Å². The molecule has 0 spiro atoms. The summed E-state index contributed by atoms with van der Waals surface area (Å²) in [6, 6.07) is 10.7. The highest BCUT2D eigenvalue weighted by Crippen LogP contribution is 2.57. The van der Waals surface area contributed by atoms with Crippen molar-refractivity contribution in [2.24, 2.45) is 5.92 Å². The Morgan fingerprint density at radius 1 is 1.26 bits per heavy atom. The van der Waals surface area contributed by atoms with Gasteiger partial charge in [-0.15, -0.1) is 0 Å². The van der Waals surface area contributed by atoms with Crippen LogP contribution in [0.1, 0.15) is 6.42 Å². The highest BCUT2D eigenvalue weighted by molar-refractivity contribution is 7.92. The molecule has 0 saturated heterocycles. The van der Waals surface area contributed by atoms with Crippen LogP contribution in [-0.4, -0.2) is 37.1 Å². The predicted octanol–water partition coefficient (Wildman–Crippen LogP) is 3.01. The largest absolute Gasteiger partial charge is 0.393 e. The highest BCUT2D eigenvalue weighted by Gasteiger charge is 2.72. The molecule has 0 aliphatic heterocycles. The van der Waals surface area contributed by atoms with Crippen LogP contribution in [-0.2, 0) is 9.84 Å². The molecule has 0 bridgehead atoms. The van der Waals surface area contributed by atoms with Gasteiger partial charge in [0.05, 0.1) is 11.4 Å². The van der Waals surface area contributed by atoms with Crippen LogP contribution in [0.5, 0.6) is 0 Å². The fourth-order valence-corrected chi connectivity index (χ4v) is 4.30. The van der Waals surface area contributed by atoms with Crippen LogP contribution in [0.3, 0.4) is 0 Å². The van der Waals surface area contributed by atoms with Gasteiger partial charge in [0.1, 0.15) is 10.6 Å². The zero-order valence-electron chi connectivity index (χ0n) is 12.3. The van der Waals surface area contributed by atoms with Crippen molar-refractivity contribution in [1.29, 1.82) is 0 Å². The number of halogens is 3. The Labute approximate surface area is 131 Å². The quantitative estimate of drug-likeness (QED) is 0.926. The van der Waals surface area contributed by atoms with Crippen LogP contribution >= 0.6 is 0 Å². The van der Waals surface area contributed by atoms with E-state index in [2.05, 4.69) is 10.3 Å². The van der Waals surface area contributed by atoms with E-state index >= 15 is 0 Å². The smallest absolute Gasteiger partial charge is 0.368 e. The number of rotatable bonds is 4. The number of fused-ring (bicyclic) bond motifs is 1. The molecule has 8 heteroatoms. The maximum absolute atomic E-state index is 12.9. The first-order valence-electron chi connectivity index (χ1n) is 6.99. The number of nitrogens with zero attached hydrogens (tertiary/aromatic N) is 1. The summed E-state index contributed by atoms with van der Waals surface area (Å²) in [5.41, 5.74) is 0.689. The van der Waals surface area contributed by atoms with Gasteiger partial charge in [-0.05, 0) is 24.6 Å². The average Bonchev–Trinajstić information content (AvgIpc) is 3.21. The van der Waals surface area contributed by atoms with E-state index < -0.39 is 33.1 Å². The molecule has 3 rings (SSSR count). The monoisotopic (exact) mass is 344 g/mol. The summed E-state index contributed by atoms with van der Waals surface area (Å²) in [5.74, 6) is -1.46. The van der Waals surface area contributed by atoms with Crippen molar-refractivity contribution >= 4 is 26.6 Å². The van der Waals surface area contributed by atoms with E-state index in [0.29, 0.717) is 11.3 Å². The van der Waals surface area contributed by atoms with Crippen molar-refractivity contribution in [1.82, 2.24) is 4.98 Å². The van der Waals surface area contributed by atoms with Gasteiger partial charge in [-0.25, -0.2) is 13.4 Å². The van der Waals surface area contributed by atoms with Gasteiger partial charge >= 0.3 is 6.18 Å². The summed E-state index contributed by atoms with van der Waals surface area (Å²) in [6.45, 7) is -0.304. The summed E-state index contributed by atoms with van der Waals surface area (Å²) >= 11 is 0. The number of benzene rings is 1. The molecule has 2 atom stereocenters. The van der Waals surface area contributed by atoms with Gasteiger partial charge in [-0.3, -0.25) is 0 Å². The second kappa shape index (κ2) is 5.09. The molecule has 1 N–H and O–H groups in total. The van der Waals surface area contributed by atoms with Crippen LogP contribution in [0.2, 0.25) is 0 Å². The number of pyridine rings is 1. The topological polar surface area (TPSA) is 59.1 Å². The van der Waals surface area contributed by atoms with E-state index in [4.69, 9.17) is 0 Å². The molecule has 1 aliphatic carbocycles. The molecule has 1 saturated carbocycles. The van der Waals surface area contributed by atoms with Crippen molar-refractivity contribution in [2.45, 2.75) is 17.3 Å². The van der Waals surface area contributed by atoms with Crippen LogP contribution in [0.4, 0.5) is 19.0 Å². The first-order chi connectivity index (χ1) is 10.6. The van der Waals surface area contributed by atoms with Gasteiger partial charge in [0.15, 0.2) is 9.84 Å². The standard InChI is InChI=1S/C15H15F3N2O2S/c1-23(21,22)14(8-12(14)15(16,17)18)9-19-13-7-6-10-4-2-3-5-11(10)20-13/h2-7,12H,8-9H2,1H3,(H,19,20)/t12-,14+/m0/s1. The molecule has 1 fully saturated rings. The van der Waals surface area contributed by atoms with E-state index in [0.717, 1.165) is 11.6 Å². The van der Waals surface area contributed by atoms with E-state index in [1.54, 1.807) is 24.3 Å². The third-order valence-electron chi connectivity index (χ3n) is 4.33. The van der Waals surface area contributed by atoms with Gasteiger partial charge in [-0.1, -0.05) is 18.2 Å². The lowest BCUT2D eigenvalue weighted by Gasteiger charge is -2.18. The number of nitrogens with one attached hydrogen (secondary N) is 1. The second-order valence-corrected chi connectivity index (χ2v) is 8.24. The van der Waals surface area contributed by atoms with Gasteiger partial charge in [0.2, 0.25) is 0 Å². The molecule has 1 aromatic heterocycles. The lowest BCUT2D eigenvalue weighted by atomic mass is 10.2. The molecule has 1 aromatic carbocycles. The van der Waals surface area contributed by atoms with Gasteiger partial charge in [0, 0.05) is 18.2 Å². The van der Waals surface area contributed by atoms with Crippen molar-refractivity contribution < 1.29 is 21.6 Å². The van der Waals surface area contributed by atoms with E-state index in [1.165, 1.54) is 0 Å². The molecule has 4 nitrogen and oxygen atoms in total. The average molecular weight is 344 g/mol. The lowest BCUT2D eigenvalue weighted by Crippen LogP contribution is -2.36. The number of sulfone groups is 1. The zero-order valence-corrected chi connectivity index (χ0v) is 13.1. The van der Waals surface area contributed by atoms with Gasteiger partial charge in [-0.2, -0.15) is 13.2 Å². The molecule has 0 amide bonds. The van der Waals surface area contributed by atoms with Crippen molar-refractivity contribution in [3.8, 4) is 0 Å². The van der Waals surface area contributed by atoms with Crippen LogP contribution < -0.4 is 5.32 Å². The molecule has 2 aromatic rings. The zero-order chi connectivity index (χ0) is 16.9. The molecule has 23 heavy (non-hydrogen) atoms. The molecule has 0 unspecified atom stereocenters. The van der Waals surface area contributed by atoms with Crippen LogP contribution in [0.15, 0.2) is 36.4 Å². The minimum absolute atomic E-state index is 0.304. The van der Waals surface area contributed by atoms with Crippen molar-refractivity contribution in [2.75, 3.05) is 18.1 Å². The summed E-state index contributed by atoms with van der Waals surface area (Å²) < 4.78 is 60.6. The minimum atomic E-state index is -4.51. The molecular weight excluding hydrogens is 329 g/mol. The third kappa shape index (κ3) is 2.87. The summed E-state index contributed by atoms with van der Waals surface area (Å²) in [4.78, 5) is 4.29. The molecular formula is C15H15F3N2O2S.